The Labute approximate surface area is 187 Å². The smallest absolute Gasteiger partial charge is 0.264 e. The molecule has 0 spiro atoms. The minimum atomic E-state index is -3.93. The predicted molar refractivity (Wildman–Crippen MR) is 121 cm³/mol. The van der Waals surface area contributed by atoms with Crippen molar-refractivity contribution in [2.45, 2.75) is 17.9 Å². The number of para-hydroxylation sites is 1. The van der Waals surface area contributed by atoms with E-state index in [1.54, 1.807) is 48.5 Å². The van der Waals surface area contributed by atoms with Gasteiger partial charge in [-0.1, -0.05) is 42.5 Å². The van der Waals surface area contributed by atoms with E-state index in [2.05, 4.69) is 5.32 Å². The quantitative estimate of drug-likeness (QED) is 0.593. The topological polar surface area (TPSA) is 84.9 Å². The number of amides is 1. The van der Waals surface area contributed by atoms with E-state index in [4.69, 9.17) is 9.47 Å². The first-order valence-electron chi connectivity index (χ1n) is 10.3. The van der Waals surface area contributed by atoms with Crippen molar-refractivity contribution in [2.75, 3.05) is 24.1 Å². The van der Waals surface area contributed by atoms with Gasteiger partial charge in [-0.2, -0.15) is 0 Å². The fourth-order valence-corrected chi connectivity index (χ4v) is 4.90. The first-order chi connectivity index (χ1) is 15.4. The number of carbonyl (C=O) groups is 1. The van der Waals surface area contributed by atoms with Crippen LogP contribution in [0.5, 0.6) is 11.5 Å². The summed E-state index contributed by atoms with van der Waals surface area (Å²) in [5.41, 5.74) is 1.25. The Morgan fingerprint density at radius 1 is 0.938 bits per heavy atom. The largest absolute Gasteiger partial charge is 0.486 e. The van der Waals surface area contributed by atoms with Gasteiger partial charge in [0.2, 0.25) is 5.91 Å². The van der Waals surface area contributed by atoms with E-state index in [1.165, 1.54) is 12.1 Å². The lowest BCUT2D eigenvalue weighted by molar-refractivity contribution is -0.120. The molecule has 0 aromatic heterocycles. The number of hydrogen-bond acceptors (Lipinski definition) is 5. The van der Waals surface area contributed by atoms with Crippen LogP contribution < -0.4 is 19.1 Å². The van der Waals surface area contributed by atoms with Crippen molar-refractivity contribution in [3.05, 3.63) is 84.4 Å². The van der Waals surface area contributed by atoms with Crippen LogP contribution in [0, 0.1) is 0 Å². The summed E-state index contributed by atoms with van der Waals surface area (Å²) in [7, 11) is -3.93. The van der Waals surface area contributed by atoms with E-state index in [-0.39, 0.29) is 17.5 Å². The second-order valence-corrected chi connectivity index (χ2v) is 9.21. The van der Waals surface area contributed by atoms with Crippen LogP contribution in [0.25, 0.3) is 0 Å². The highest BCUT2D eigenvalue weighted by Crippen LogP contribution is 2.32. The number of nitrogens with one attached hydrogen (secondary N) is 1. The van der Waals surface area contributed by atoms with E-state index in [9.17, 15) is 13.2 Å². The number of fused-ring (bicyclic) bond motifs is 1. The SMILES string of the molecule is C[C@H](NC(=O)CN(c1ccccc1)S(=O)(=O)c1ccccc1)c1ccc2c(c1)OCCO2. The fourth-order valence-electron chi connectivity index (χ4n) is 3.46. The van der Waals surface area contributed by atoms with Crippen molar-refractivity contribution in [3.8, 4) is 11.5 Å². The Morgan fingerprint density at radius 3 is 2.25 bits per heavy atom. The maximum atomic E-state index is 13.3. The van der Waals surface area contributed by atoms with Gasteiger partial charge in [-0.25, -0.2) is 8.42 Å². The molecule has 3 aromatic rings. The third-order valence-corrected chi connectivity index (χ3v) is 6.89. The van der Waals surface area contributed by atoms with Crippen LogP contribution in [0.1, 0.15) is 18.5 Å². The van der Waals surface area contributed by atoms with E-state index >= 15 is 0 Å². The number of benzene rings is 3. The number of sulfonamides is 1. The Bertz CT molecular complexity index is 1180. The molecule has 0 unspecified atom stereocenters. The third-order valence-electron chi connectivity index (χ3n) is 5.11. The Morgan fingerprint density at radius 2 is 1.56 bits per heavy atom. The summed E-state index contributed by atoms with van der Waals surface area (Å²) in [5, 5.41) is 2.89. The van der Waals surface area contributed by atoms with Gasteiger partial charge >= 0.3 is 0 Å². The number of anilines is 1. The van der Waals surface area contributed by atoms with Crippen molar-refractivity contribution < 1.29 is 22.7 Å². The van der Waals surface area contributed by atoms with Crippen LogP contribution in [-0.4, -0.2) is 34.1 Å². The molecule has 0 saturated heterocycles. The minimum Gasteiger partial charge on any atom is -0.486 e. The third kappa shape index (κ3) is 4.70. The van der Waals surface area contributed by atoms with Crippen LogP contribution in [0.3, 0.4) is 0 Å². The van der Waals surface area contributed by atoms with E-state index in [1.807, 2.05) is 25.1 Å². The van der Waals surface area contributed by atoms with Gasteiger partial charge in [0.05, 0.1) is 16.6 Å². The zero-order chi connectivity index (χ0) is 22.6. The fraction of sp³-hybridized carbons (Fsp3) is 0.208. The summed E-state index contributed by atoms with van der Waals surface area (Å²) in [6, 6.07) is 21.8. The summed E-state index contributed by atoms with van der Waals surface area (Å²) in [5.74, 6) is 0.880. The molecule has 0 radical (unpaired) electrons. The second kappa shape index (κ2) is 9.32. The zero-order valence-electron chi connectivity index (χ0n) is 17.6. The van der Waals surface area contributed by atoms with Crippen molar-refractivity contribution >= 4 is 21.6 Å². The first kappa shape index (κ1) is 21.7. The lowest BCUT2D eigenvalue weighted by Gasteiger charge is -2.25. The Balaban J connectivity index is 1.54. The van der Waals surface area contributed by atoms with Crippen LogP contribution in [-0.2, 0) is 14.8 Å². The van der Waals surface area contributed by atoms with Gasteiger partial charge in [0, 0.05) is 0 Å². The molecule has 3 aromatic carbocycles. The molecular formula is C24H24N2O5S. The molecular weight excluding hydrogens is 428 g/mol. The highest BCUT2D eigenvalue weighted by molar-refractivity contribution is 7.92. The van der Waals surface area contributed by atoms with Gasteiger partial charge in [-0.05, 0) is 48.9 Å². The molecule has 32 heavy (non-hydrogen) atoms. The van der Waals surface area contributed by atoms with Crippen LogP contribution >= 0.6 is 0 Å². The van der Waals surface area contributed by atoms with Gasteiger partial charge in [0.15, 0.2) is 11.5 Å². The molecule has 0 bridgehead atoms. The maximum Gasteiger partial charge on any atom is 0.264 e. The molecule has 1 aliphatic rings. The highest BCUT2D eigenvalue weighted by atomic mass is 32.2. The number of nitrogens with zero attached hydrogens (tertiary/aromatic N) is 1. The van der Waals surface area contributed by atoms with E-state index in [0.29, 0.717) is 30.4 Å². The van der Waals surface area contributed by atoms with E-state index in [0.717, 1.165) is 9.87 Å². The minimum absolute atomic E-state index is 0.122. The predicted octanol–water partition coefficient (Wildman–Crippen LogP) is 3.53. The summed E-state index contributed by atoms with van der Waals surface area (Å²) in [6.07, 6.45) is 0. The lowest BCUT2D eigenvalue weighted by atomic mass is 10.1. The number of carbonyl (C=O) groups excluding carboxylic acids is 1. The van der Waals surface area contributed by atoms with Gasteiger partial charge in [0.1, 0.15) is 19.8 Å². The molecule has 0 fully saturated rings. The van der Waals surface area contributed by atoms with Crippen molar-refractivity contribution in [1.29, 1.82) is 0 Å². The molecule has 0 aliphatic carbocycles. The summed E-state index contributed by atoms with van der Waals surface area (Å²) in [4.78, 5) is 13.0. The molecule has 1 N–H and O–H groups in total. The molecule has 7 nitrogen and oxygen atoms in total. The molecule has 0 saturated carbocycles. The molecule has 1 aliphatic heterocycles. The van der Waals surface area contributed by atoms with E-state index < -0.39 is 15.9 Å². The number of rotatable bonds is 7. The monoisotopic (exact) mass is 452 g/mol. The maximum absolute atomic E-state index is 13.3. The average molecular weight is 453 g/mol. The lowest BCUT2D eigenvalue weighted by Crippen LogP contribution is -2.41. The van der Waals surface area contributed by atoms with Crippen molar-refractivity contribution in [1.82, 2.24) is 5.32 Å². The normalized spacial score (nSPS) is 13.8. The summed E-state index contributed by atoms with van der Waals surface area (Å²) < 4.78 is 38.9. The Hall–Kier alpha value is -3.52. The molecule has 166 valence electrons. The first-order valence-corrected chi connectivity index (χ1v) is 11.7. The van der Waals surface area contributed by atoms with Gasteiger partial charge in [-0.15, -0.1) is 0 Å². The highest BCUT2D eigenvalue weighted by Gasteiger charge is 2.27. The van der Waals surface area contributed by atoms with Crippen LogP contribution in [0.2, 0.25) is 0 Å². The second-order valence-electron chi connectivity index (χ2n) is 7.35. The molecule has 8 heteroatoms. The molecule has 1 amide bonds. The van der Waals surface area contributed by atoms with Crippen molar-refractivity contribution in [2.24, 2.45) is 0 Å². The Kier molecular flexibility index (Phi) is 6.32. The van der Waals surface area contributed by atoms with Crippen molar-refractivity contribution in [3.63, 3.8) is 0 Å². The van der Waals surface area contributed by atoms with Crippen LogP contribution in [0.4, 0.5) is 5.69 Å². The standard InChI is InChI=1S/C24H24N2O5S/c1-18(19-12-13-22-23(16-19)31-15-14-30-22)25-24(27)17-26(20-8-4-2-5-9-20)32(28,29)21-10-6-3-7-11-21/h2-13,16,18H,14-15,17H2,1H3,(H,25,27)/t18-/m0/s1. The van der Waals surface area contributed by atoms with Crippen LogP contribution in [0.15, 0.2) is 83.8 Å². The summed E-state index contributed by atoms with van der Waals surface area (Å²) in [6.45, 7) is 2.46. The molecule has 1 atom stereocenters. The van der Waals surface area contributed by atoms with Gasteiger partial charge in [0.25, 0.3) is 10.0 Å². The average Bonchev–Trinajstić information content (AvgIpc) is 2.83. The number of hydrogen-bond donors (Lipinski definition) is 1. The summed E-state index contributed by atoms with van der Waals surface area (Å²) >= 11 is 0. The zero-order valence-corrected chi connectivity index (χ0v) is 18.4. The van der Waals surface area contributed by atoms with Gasteiger partial charge in [-0.3, -0.25) is 9.10 Å². The number of ether oxygens (including phenoxy) is 2. The molecule has 1 heterocycles. The molecule has 4 rings (SSSR count). The van der Waals surface area contributed by atoms with Gasteiger partial charge < -0.3 is 14.8 Å².